The van der Waals surface area contributed by atoms with E-state index in [0.717, 1.165) is 13.1 Å². The number of hydrogen-bond donors (Lipinski definition) is 1. The van der Waals surface area contributed by atoms with Crippen LogP contribution in [0.3, 0.4) is 0 Å². The van der Waals surface area contributed by atoms with E-state index in [1.165, 1.54) is 11.3 Å². The van der Waals surface area contributed by atoms with Crippen molar-refractivity contribution in [2.75, 3.05) is 44.7 Å². The van der Waals surface area contributed by atoms with Gasteiger partial charge < -0.3 is 19.9 Å². The van der Waals surface area contributed by atoms with E-state index >= 15 is 0 Å². The lowest BCUT2D eigenvalue weighted by Crippen LogP contribution is -2.51. The van der Waals surface area contributed by atoms with Crippen LogP contribution in [0.5, 0.6) is 5.75 Å². The van der Waals surface area contributed by atoms with Gasteiger partial charge in [-0.05, 0) is 36.8 Å². The first kappa shape index (κ1) is 18.8. The normalized spacial score (nSPS) is 14.0. The molecule has 1 N–H and O–H groups in total. The molecular formula is C21H25N3O3. The molecule has 0 aromatic heterocycles. The van der Waals surface area contributed by atoms with Crippen molar-refractivity contribution < 1.29 is 14.3 Å². The summed E-state index contributed by atoms with van der Waals surface area (Å²) in [5.74, 6) is 0.276. The summed E-state index contributed by atoms with van der Waals surface area (Å²) >= 11 is 0. The average Bonchev–Trinajstić information content (AvgIpc) is 2.72. The molecule has 0 radical (unpaired) electrons. The molecular weight excluding hydrogens is 342 g/mol. The van der Waals surface area contributed by atoms with Crippen LogP contribution in [0.25, 0.3) is 0 Å². The Morgan fingerprint density at radius 3 is 2.48 bits per heavy atom. The number of nitrogens with one attached hydrogen (secondary N) is 1. The van der Waals surface area contributed by atoms with E-state index < -0.39 is 0 Å². The summed E-state index contributed by atoms with van der Waals surface area (Å²) in [5, 5.41) is 2.70. The summed E-state index contributed by atoms with van der Waals surface area (Å²) in [5.41, 5.74) is 2.94. The first-order valence-electron chi connectivity index (χ1n) is 9.09. The first-order chi connectivity index (χ1) is 13.1. The van der Waals surface area contributed by atoms with Crippen LogP contribution in [0.2, 0.25) is 0 Å². The second-order valence-electron chi connectivity index (χ2n) is 6.57. The second kappa shape index (κ2) is 8.58. The Morgan fingerprint density at radius 1 is 1.04 bits per heavy atom. The zero-order chi connectivity index (χ0) is 19.2. The smallest absolute Gasteiger partial charge is 0.251 e. The van der Waals surface area contributed by atoms with Gasteiger partial charge in [0, 0.05) is 37.4 Å². The molecule has 0 unspecified atom stereocenters. The molecule has 0 aliphatic carbocycles. The minimum absolute atomic E-state index is 0.000405. The molecule has 1 heterocycles. The third kappa shape index (κ3) is 4.58. The number of hydrogen-bond acceptors (Lipinski definition) is 4. The predicted octanol–water partition coefficient (Wildman–Crippen LogP) is 2.08. The number of ether oxygens (including phenoxy) is 1. The summed E-state index contributed by atoms with van der Waals surface area (Å²) in [6.45, 7) is 4.99. The van der Waals surface area contributed by atoms with E-state index in [0.29, 0.717) is 24.4 Å². The molecule has 2 aromatic rings. The van der Waals surface area contributed by atoms with Crippen molar-refractivity contribution in [3.8, 4) is 5.75 Å². The number of rotatable bonds is 5. The van der Waals surface area contributed by atoms with E-state index in [4.69, 9.17) is 4.74 Å². The fourth-order valence-electron chi connectivity index (χ4n) is 3.25. The molecule has 6 heteroatoms. The number of carbonyl (C=O) groups is 2. The van der Waals surface area contributed by atoms with Gasteiger partial charge in [0.25, 0.3) is 5.91 Å². The van der Waals surface area contributed by atoms with Crippen LogP contribution in [0, 0.1) is 6.92 Å². The number of methoxy groups -OCH3 is 1. The summed E-state index contributed by atoms with van der Waals surface area (Å²) in [6, 6.07) is 15.2. The van der Waals surface area contributed by atoms with Crippen molar-refractivity contribution in [1.82, 2.24) is 10.2 Å². The lowest BCUT2D eigenvalue weighted by atomic mass is 10.1. The number of amides is 2. The van der Waals surface area contributed by atoms with Crippen LogP contribution < -0.4 is 15.0 Å². The first-order valence-corrected chi connectivity index (χ1v) is 9.09. The lowest BCUT2D eigenvalue weighted by Gasteiger charge is -2.36. The highest BCUT2D eigenvalue weighted by Crippen LogP contribution is 2.20. The Hall–Kier alpha value is -3.02. The van der Waals surface area contributed by atoms with Gasteiger partial charge in [0.2, 0.25) is 5.91 Å². The summed E-state index contributed by atoms with van der Waals surface area (Å²) < 4.78 is 5.12. The third-order valence-electron chi connectivity index (χ3n) is 4.82. The van der Waals surface area contributed by atoms with Crippen molar-refractivity contribution in [2.24, 2.45) is 0 Å². The van der Waals surface area contributed by atoms with Gasteiger partial charge in [-0.25, -0.2) is 0 Å². The largest absolute Gasteiger partial charge is 0.497 e. The fraction of sp³-hybridized carbons (Fsp3) is 0.333. The number of aryl methyl sites for hydroxylation is 1. The molecule has 27 heavy (non-hydrogen) atoms. The number of carbonyl (C=O) groups excluding carboxylic acids is 2. The highest BCUT2D eigenvalue weighted by Gasteiger charge is 2.22. The van der Waals surface area contributed by atoms with E-state index in [2.05, 4.69) is 29.3 Å². The molecule has 0 bridgehead atoms. The van der Waals surface area contributed by atoms with Crippen molar-refractivity contribution in [2.45, 2.75) is 6.92 Å². The van der Waals surface area contributed by atoms with Gasteiger partial charge in [-0.15, -0.1) is 0 Å². The predicted molar refractivity (Wildman–Crippen MR) is 105 cm³/mol. The Labute approximate surface area is 159 Å². The van der Waals surface area contributed by atoms with Crippen LogP contribution in [0.4, 0.5) is 5.69 Å². The minimum atomic E-state index is -0.277. The molecule has 3 rings (SSSR count). The number of piperazine rings is 1. The molecule has 1 aliphatic heterocycles. The van der Waals surface area contributed by atoms with Crippen LogP contribution in [0.1, 0.15) is 15.9 Å². The Morgan fingerprint density at radius 2 is 1.78 bits per heavy atom. The lowest BCUT2D eigenvalue weighted by molar-refractivity contribution is -0.130. The standard InChI is InChI=1S/C21H25N3O3/c1-16-6-3-4-9-19(16)23-10-12-24(13-11-23)20(25)15-22-21(26)17-7-5-8-18(14-17)27-2/h3-9,14H,10-13,15H2,1-2H3,(H,22,26). The van der Waals surface area contributed by atoms with Gasteiger partial charge in [0.1, 0.15) is 5.75 Å². The van der Waals surface area contributed by atoms with Gasteiger partial charge in [-0.2, -0.15) is 0 Å². The van der Waals surface area contributed by atoms with Gasteiger partial charge in [-0.3, -0.25) is 9.59 Å². The molecule has 0 atom stereocenters. The van der Waals surface area contributed by atoms with E-state index in [1.54, 1.807) is 36.3 Å². The zero-order valence-electron chi connectivity index (χ0n) is 15.8. The quantitative estimate of drug-likeness (QED) is 0.879. The van der Waals surface area contributed by atoms with E-state index in [-0.39, 0.29) is 18.4 Å². The number of benzene rings is 2. The topological polar surface area (TPSA) is 61.9 Å². The van der Waals surface area contributed by atoms with Crippen molar-refractivity contribution >= 4 is 17.5 Å². The van der Waals surface area contributed by atoms with E-state index in [9.17, 15) is 9.59 Å². The molecule has 2 aromatic carbocycles. The Kier molecular flexibility index (Phi) is 5.96. The molecule has 1 saturated heterocycles. The monoisotopic (exact) mass is 367 g/mol. The molecule has 0 spiro atoms. The zero-order valence-corrected chi connectivity index (χ0v) is 15.8. The van der Waals surface area contributed by atoms with Gasteiger partial charge >= 0.3 is 0 Å². The van der Waals surface area contributed by atoms with E-state index in [1.807, 2.05) is 12.1 Å². The van der Waals surface area contributed by atoms with Crippen molar-refractivity contribution in [3.63, 3.8) is 0 Å². The number of nitrogens with zero attached hydrogens (tertiary/aromatic N) is 2. The summed E-state index contributed by atoms with van der Waals surface area (Å²) in [7, 11) is 1.55. The molecule has 2 amide bonds. The van der Waals surface area contributed by atoms with Crippen LogP contribution >= 0.6 is 0 Å². The second-order valence-corrected chi connectivity index (χ2v) is 6.57. The average molecular weight is 367 g/mol. The third-order valence-corrected chi connectivity index (χ3v) is 4.82. The Balaban J connectivity index is 1.49. The SMILES string of the molecule is COc1cccc(C(=O)NCC(=O)N2CCN(c3ccccc3C)CC2)c1. The maximum Gasteiger partial charge on any atom is 0.251 e. The molecule has 6 nitrogen and oxygen atoms in total. The van der Waals surface area contributed by atoms with Crippen molar-refractivity contribution in [1.29, 1.82) is 0 Å². The summed E-state index contributed by atoms with van der Waals surface area (Å²) in [6.07, 6.45) is 0. The minimum Gasteiger partial charge on any atom is -0.497 e. The Bertz CT molecular complexity index is 814. The number of para-hydroxylation sites is 1. The van der Waals surface area contributed by atoms with Gasteiger partial charge in [0.15, 0.2) is 0 Å². The van der Waals surface area contributed by atoms with Crippen LogP contribution in [-0.2, 0) is 4.79 Å². The highest BCUT2D eigenvalue weighted by molar-refractivity contribution is 5.96. The number of anilines is 1. The molecule has 142 valence electrons. The van der Waals surface area contributed by atoms with Gasteiger partial charge in [-0.1, -0.05) is 24.3 Å². The molecule has 0 saturated carbocycles. The summed E-state index contributed by atoms with van der Waals surface area (Å²) in [4.78, 5) is 28.8. The molecule has 1 aliphatic rings. The van der Waals surface area contributed by atoms with Crippen LogP contribution in [-0.4, -0.2) is 56.5 Å². The highest BCUT2D eigenvalue weighted by atomic mass is 16.5. The van der Waals surface area contributed by atoms with Crippen LogP contribution in [0.15, 0.2) is 48.5 Å². The van der Waals surface area contributed by atoms with Crippen molar-refractivity contribution in [3.05, 3.63) is 59.7 Å². The maximum absolute atomic E-state index is 12.4. The maximum atomic E-state index is 12.4. The fourth-order valence-corrected chi connectivity index (χ4v) is 3.25. The molecule has 1 fully saturated rings. The van der Waals surface area contributed by atoms with Gasteiger partial charge in [0.05, 0.1) is 13.7 Å².